The Morgan fingerprint density at radius 1 is 1.41 bits per heavy atom. The first-order chi connectivity index (χ1) is 10.6. The molecule has 4 rings (SSSR count). The summed E-state index contributed by atoms with van der Waals surface area (Å²) < 4.78 is 2.45. The first-order valence-corrected chi connectivity index (χ1v) is 9.37. The van der Waals surface area contributed by atoms with Crippen LogP contribution < -0.4 is 5.56 Å². The van der Waals surface area contributed by atoms with Gasteiger partial charge in [-0.3, -0.25) is 9.36 Å². The van der Waals surface area contributed by atoms with Crippen molar-refractivity contribution < 1.29 is 0 Å². The maximum Gasteiger partial charge on any atom is 0.262 e. The number of thiophene rings is 2. The number of halogens is 1. The van der Waals surface area contributed by atoms with Crippen LogP contribution in [0, 0.1) is 5.92 Å². The molecule has 114 valence electrons. The van der Waals surface area contributed by atoms with E-state index in [1.807, 2.05) is 12.1 Å². The van der Waals surface area contributed by atoms with E-state index in [4.69, 9.17) is 11.6 Å². The van der Waals surface area contributed by atoms with Gasteiger partial charge in [0.15, 0.2) is 0 Å². The molecule has 3 aromatic rings. The topological polar surface area (TPSA) is 34.9 Å². The summed E-state index contributed by atoms with van der Waals surface area (Å²) >= 11 is 9.17. The lowest BCUT2D eigenvalue weighted by Gasteiger charge is -2.17. The largest absolute Gasteiger partial charge is 0.293 e. The number of hydrogen-bond donors (Lipinski definition) is 0. The van der Waals surface area contributed by atoms with Gasteiger partial charge in [0.2, 0.25) is 0 Å². The van der Waals surface area contributed by atoms with Crippen LogP contribution in [0.4, 0.5) is 0 Å². The molecule has 0 spiro atoms. The molecule has 0 radical (unpaired) electrons. The first kappa shape index (κ1) is 14.4. The SMILES string of the molecule is CC1CCc2c(sc3ncn(Cc4ccc(Cl)s4)c(=O)c23)C1. The summed E-state index contributed by atoms with van der Waals surface area (Å²) in [6.45, 7) is 2.82. The van der Waals surface area contributed by atoms with Gasteiger partial charge in [-0.2, -0.15) is 0 Å². The predicted octanol–water partition coefficient (Wildman–Crippen LogP) is 4.35. The fourth-order valence-corrected chi connectivity index (χ4v) is 5.51. The van der Waals surface area contributed by atoms with Gasteiger partial charge in [-0.1, -0.05) is 18.5 Å². The molecular weight excluding hydrogens is 336 g/mol. The lowest BCUT2D eigenvalue weighted by molar-refractivity contribution is 0.509. The van der Waals surface area contributed by atoms with E-state index in [0.717, 1.165) is 38.7 Å². The van der Waals surface area contributed by atoms with Crippen LogP contribution in [0.1, 0.15) is 28.7 Å². The molecule has 22 heavy (non-hydrogen) atoms. The number of aryl methyl sites for hydroxylation is 1. The minimum atomic E-state index is 0.0848. The van der Waals surface area contributed by atoms with Crippen molar-refractivity contribution in [3.8, 4) is 0 Å². The molecule has 3 heterocycles. The second-order valence-corrected chi connectivity index (χ2v) is 8.80. The van der Waals surface area contributed by atoms with Crippen LogP contribution in [-0.2, 0) is 19.4 Å². The molecule has 1 aliphatic rings. The second-order valence-electron chi connectivity index (χ2n) is 5.92. The van der Waals surface area contributed by atoms with Crippen molar-refractivity contribution in [3.63, 3.8) is 0 Å². The van der Waals surface area contributed by atoms with Crippen molar-refractivity contribution in [3.05, 3.63) is 48.5 Å². The minimum absolute atomic E-state index is 0.0848. The molecule has 1 unspecified atom stereocenters. The van der Waals surface area contributed by atoms with Gasteiger partial charge in [0.25, 0.3) is 5.56 Å². The molecule has 0 bridgehead atoms. The van der Waals surface area contributed by atoms with Gasteiger partial charge in [-0.15, -0.1) is 22.7 Å². The normalized spacial score (nSPS) is 17.8. The average Bonchev–Trinajstić information content (AvgIpc) is 3.05. The van der Waals surface area contributed by atoms with E-state index in [9.17, 15) is 4.79 Å². The zero-order chi connectivity index (χ0) is 15.3. The highest BCUT2D eigenvalue weighted by molar-refractivity contribution is 7.18. The Kier molecular flexibility index (Phi) is 3.59. The Morgan fingerprint density at radius 3 is 3.05 bits per heavy atom. The molecule has 0 amide bonds. The Hall–Kier alpha value is -1.17. The molecule has 0 aliphatic heterocycles. The van der Waals surface area contributed by atoms with E-state index in [1.54, 1.807) is 22.2 Å². The van der Waals surface area contributed by atoms with E-state index in [1.165, 1.54) is 21.8 Å². The maximum absolute atomic E-state index is 12.9. The third kappa shape index (κ3) is 2.41. The minimum Gasteiger partial charge on any atom is -0.293 e. The fraction of sp³-hybridized carbons (Fsp3) is 0.375. The molecule has 3 nitrogen and oxygen atoms in total. The van der Waals surface area contributed by atoms with E-state index < -0.39 is 0 Å². The van der Waals surface area contributed by atoms with Crippen molar-refractivity contribution in [2.45, 2.75) is 32.7 Å². The van der Waals surface area contributed by atoms with Crippen molar-refractivity contribution in [2.75, 3.05) is 0 Å². The summed E-state index contributed by atoms with van der Waals surface area (Å²) in [6.07, 6.45) is 4.91. The van der Waals surface area contributed by atoms with Gasteiger partial charge in [0.05, 0.1) is 22.6 Å². The fourth-order valence-electron chi connectivity index (χ4n) is 3.08. The zero-order valence-electron chi connectivity index (χ0n) is 12.1. The summed E-state index contributed by atoms with van der Waals surface area (Å²) in [5.41, 5.74) is 1.33. The number of fused-ring (bicyclic) bond motifs is 3. The summed E-state index contributed by atoms with van der Waals surface area (Å²) in [7, 11) is 0. The third-order valence-corrected chi connectivity index (χ3v) is 6.62. The Bertz CT molecular complexity index is 909. The third-order valence-electron chi connectivity index (χ3n) is 4.24. The number of hydrogen-bond acceptors (Lipinski definition) is 4. The average molecular weight is 351 g/mol. The van der Waals surface area contributed by atoms with Crippen LogP contribution >= 0.6 is 34.3 Å². The number of aromatic nitrogens is 2. The Labute approximate surface area is 141 Å². The van der Waals surface area contributed by atoms with Crippen molar-refractivity contribution in [1.82, 2.24) is 9.55 Å². The lowest BCUT2D eigenvalue weighted by atomic mass is 9.89. The van der Waals surface area contributed by atoms with Gasteiger partial charge in [-0.05, 0) is 42.9 Å². The molecular formula is C16H15ClN2OS2. The summed E-state index contributed by atoms with van der Waals surface area (Å²) in [4.78, 5) is 20.7. The molecule has 6 heteroatoms. The highest BCUT2D eigenvalue weighted by atomic mass is 35.5. The smallest absolute Gasteiger partial charge is 0.262 e. The van der Waals surface area contributed by atoms with Gasteiger partial charge < -0.3 is 0 Å². The lowest BCUT2D eigenvalue weighted by Crippen LogP contribution is -2.21. The highest BCUT2D eigenvalue weighted by Crippen LogP contribution is 2.35. The van der Waals surface area contributed by atoms with Gasteiger partial charge >= 0.3 is 0 Å². The molecule has 1 aliphatic carbocycles. The Balaban J connectivity index is 1.81. The molecule has 3 aromatic heterocycles. The highest BCUT2D eigenvalue weighted by Gasteiger charge is 2.23. The summed E-state index contributed by atoms with van der Waals surface area (Å²) in [6, 6.07) is 3.83. The van der Waals surface area contributed by atoms with Crippen LogP contribution in [0.2, 0.25) is 4.34 Å². The van der Waals surface area contributed by atoms with Crippen molar-refractivity contribution >= 4 is 44.5 Å². The molecule has 1 atom stereocenters. The number of nitrogens with zero attached hydrogens (tertiary/aromatic N) is 2. The maximum atomic E-state index is 12.9. The molecule has 0 aromatic carbocycles. The monoisotopic (exact) mass is 350 g/mol. The second kappa shape index (κ2) is 5.48. The van der Waals surface area contributed by atoms with E-state index in [-0.39, 0.29) is 5.56 Å². The van der Waals surface area contributed by atoms with E-state index in [0.29, 0.717) is 12.5 Å². The van der Waals surface area contributed by atoms with Crippen LogP contribution in [0.5, 0.6) is 0 Å². The predicted molar refractivity (Wildman–Crippen MR) is 93.5 cm³/mol. The molecule has 0 N–H and O–H groups in total. The van der Waals surface area contributed by atoms with Crippen LogP contribution in [0.15, 0.2) is 23.3 Å². The standard InChI is InChI=1S/C16H15ClN2OS2/c1-9-2-4-11-12(6-9)22-15-14(11)16(20)19(8-18-15)7-10-3-5-13(17)21-10/h3,5,8-9H,2,4,6-7H2,1H3. The van der Waals surface area contributed by atoms with Gasteiger partial charge in [0.1, 0.15) is 4.83 Å². The van der Waals surface area contributed by atoms with E-state index in [2.05, 4.69) is 11.9 Å². The number of rotatable bonds is 2. The summed E-state index contributed by atoms with van der Waals surface area (Å²) in [5, 5.41) is 0.844. The first-order valence-electron chi connectivity index (χ1n) is 7.35. The van der Waals surface area contributed by atoms with E-state index >= 15 is 0 Å². The van der Waals surface area contributed by atoms with Gasteiger partial charge in [-0.25, -0.2) is 4.98 Å². The Morgan fingerprint density at radius 2 is 2.27 bits per heavy atom. The zero-order valence-corrected chi connectivity index (χ0v) is 14.5. The summed E-state index contributed by atoms with van der Waals surface area (Å²) in [5.74, 6) is 0.705. The van der Waals surface area contributed by atoms with Crippen LogP contribution in [0.25, 0.3) is 10.2 Å². The van der Waals surface area contributed by atoms with Crippen molar-refractivity contribution in [1.29, 1.82) is 0 Å². The molecule has 0 fully saturated rings. The van der Waals surface area contributed by atoms with Crippen LogP contribution in [-0.4, -0.2) is 9.55 Å². The van der Waals surface area contributed by atoms with Crippen LogP contribution in [0.3, 0.4) is 0 Å². The van der Waals surface area contributed by atoms with Crippen molar-refractivity contribution in [2.24, 2.45) is 5.92 Å². The molecule has 0 saturated heterocycles. The molecule has 0 saturated carbocycles. The van der Waals surface area contributed by atoms with Gasteiger partial charge in [0, 0.05) is 9.75 Å². The quantitative estimate of drug-likeness (QED) is 0.688.